The molecule has 0 atom stereocenters. The average molecular weight is 325 g/mol. The maximum absolute atomic E-state index is 11.9. The van der Waals surface area contributed by atoms with Crippen molar-refractivity contribution in [1.82, 2.24) is 14.7 Å². The molecule has 124 valence electrons. The number of benzene rings is 1. The molecule has 1 aromatic carbocycles. The first-order chi connectivity index (χ1) is 11.5. The molecule has 0 aliphatic rings. The monoisotopic (exact) mass is 325 g/mol. The lowest BCUT2D eigenvalue weighted by atomic mass is 10.1. The minimum atomic E-state index is -0.536. The van der Waals surface area contributed by atoms with Crippen LogP contribution in [0.15, 0.2) is 41.5 Å². The van der Waals surface area contributed by atoms with Gasteiger partial charge in [-0.1, -0.05) is 12.1 Å². The number of hydrogen-bond acceptors (Lipinski definition) is 6. The minimum absolute atomic E-state index is 0.195. The topological polar surface area (TPSA) is 83.3 Å². The molecule has 0 amide bonds. The van der Waals surface area contributed by atoms with E-state index in [1.54, 1.807) is 0 Å². The van der Waals surface area contributed by atoms with Crippen LogP contribution in [0.3, 0.4) is 0 Å². The SMILES string of the molecule is Cc1ncnc2c1c(NCc1ccc(N(C)C)cc1)cc(=O)n2O. The summed E-state index contributed by atoms with van der Waals surface area (Å²) in [4.78, 5) is 22.1. The Hall–Kier alpha value is -3.09. The van der Waals surface area contributed by atoms with Gasteiger partial charge in [0.2, 0.25) is 0 Å². The van der Waals surface area contributed by atoms with Crippen molar-refractivity contribution in [1.29, 1.82) is 0 Å². The lowest BCUT2D eigenvalue weighted by Gasteiger charge is -2.14. The molecule has 0 bridgehead atoms. The molecule has 2 aromatic heterocycles. The third-order valence-electron chi connectivity index (χ3n) is 3.90. The van der Waals surface area contributed by atoms with Crippen LogP contribution >= 0.6 is 0 Å². The van der Waals surface area contributed by atoms with Crippen molar-refractivity contribution in [3.05, 3.63) is 58.3 Å². The zero-order valence-electron chi connectivity index (χ0n) is 13.8. The molecule has 0 saturated carbocycles. The van der Waals surface area contributed by atoms with Gasteiger partial charge >= 0.3 is 0 Å². The second-order valence-corrected chi connectivity index (χ2v) is 5.78. The van der Waals surface area contributed by atoms with Gasteiger partial charge in [-0.05, 0) is 24.6 Å². The smallest absolute Gasteiger partial charge is 0.286 e. The van der Waals surface area contributed by atoms with Gasteiger partial charge in [-0.3, -0.25) is 4.79 Å². The highest BCUT2D eigenvalue weighted by molar-refractivity contribution is 5.90. The fourth-order valence-electron chi connectivity index (χ4n) is 2.55. The van der Waals surface area contributed by atoms with Crippen LogP contribution in [-0.2, 0) is 6.54 Å². The van der Waals surface area contributed by atoms with Gasteiger partial charge in [-0.15, -0.1) is 4.73 Å². The van der Waals surface area contributed by atoms with Crippen LogP contribution in [-0.4, -0.2) is 34.0 Å². The molecule has 3 aromatic rings. The van der Waals surface area contributed by atoms with Gasteiger partial charge in [-0.25, -0.2) is 9.97 Å². The summed E-state index contributed by atoms with van der Waals surface area (Å²) in [6, 6.07) is 9.49. The molecule has 0 spiro atoms. The van der Waals surface area contributed by atoms with Gasteiger partial charge in [0.25, 0.3) is 5.56 Å². The average Bonchev–Trinajstić information content (AvgIpc) is 2.57. The van der Waals surface area contributed by atoms with Crippen molar-refractivity contribution < 1.29 is 5.21 Å². The Kier molecular flexibility index (Phi) is 4.07. The standard InChI is InChI=1S/C17H19N5O2/c1-11-16-14(8-15(23)22(24)17(16)20-10-19-11)18-9-12-4-6-13(7-5-12)21(2)3/h4-8,10,18,24H,9H2,1-3H3. The van der Waals surface area contributed by atoms with Crippen LogP contribution in [0.5, 0.6) is 0 Å². The Bertz CT molecular complexity index is 932. The highest BCUT2D eigenvalue weighted by atomic mass is 16.5. The molecule has 7 nitrogen and oxygen atoms in total. The van der Waals surface area contributed by atoms with E-state index in [1.807, 2.05) is 50.2 Å². The molecule has 2 heterocycles. The predicted molar refractivity (Wildman–Crippen MR) is 93.8 cm³/mol. The number of nitrogens with one attached hydrogen (secondary N) is 1. The first kappa shape index (κ1) is 15.8. The molecule has 0 unspecified atom stereocenters. The van der Waals surface area contributed by atoms with E-state index >= 15 is 0 Å². The van der Waals surface area contributed by atoms with Crippen molar-refractivity contribution in [3.63, 3.8) is 0 Å². The molecular weight excluding hydrogens is 306 g/mol. The van der Waals surface area contributed by atoms with Crippen molar-refractivity contribution >= 4 is 22.4 Å². The Morgan fingerprint density at radius 2 is 1.92 bits per heavy atom. The summed E-state index contributed by atoms with van der Waals surface area (Å²) in [6.07, 6.45) is 1.33. The highest BCUT2D eigenvalue weighted by Gasteiger charge is 2.12. The van der Waals surface area contributed by atoms with Crippen LogP contribution in [0.2, 0.25) is 0 Å². The predicted octanol–water partition coefficient (Wildman–Crippen LogP) is 2.02. The first-order valence-electron chi connectivity index (χ1n) is 7.54. The van der Waals surface area contributed by atoms with Gasteiger partial charge < -0.3 is 15.4 Å². The second-order valence-electron chi connectivity index (χ2n) is 5.78. The number of fused-ring (bicyclic) bond motifs is 1. The quantitative estimate of drug-likeness (QED) is 0.714. The molecule has 3 rings (SSSR count). The summed E-state index contributed by atoms with van der Waals surface area (Å²) in [5.41, 5.74) is 3.16. The summed E-state index contributed by atoms with van der Waals surface area (Å²) >= 11 is 0. The zero-order valence-corrected chi connectivity index (χ0v) is 13.8. The Morgan fingerprint density at radius 3 is 2.58 bits per heavy atom. The van der Waals surface area contributed by atoms with Crippen molar-refractivity contribution in [2.75, 3.05) is 24.3 Å². The molecule has 0 aliphatic carbocycles. The van der Waals surface area contributed by atoms with E-state index in [1.165, 1.54) is 12.4 Å². The van der Waals surface area contributed by atoms with Crippen LogP contribution < -0.4 is 15.8 Å². The summed E-state index contributed by atoms with van der Waals surface area (Å²) in [6.45, 7) is 2.36. The summed E-state index contributed by atoms with van der Waals surface area (Å²) in [7, 11) is 3.98. The largest absolute Gasteiger partial charge is 0.423 e. The van der Waals surface area contributed by atoms with Crippen LogP contribution in [0.25, 0.3) is 11.0 Å². The van der Waals surface area contributed by atoms with E-state index in [4.69, 9.17) is 0 Å². The molecule has 0 saturated heterocycles. The maximum Gasteiger partial charge on any atom is 0.286 e. The fraction of sp³-hybridized carbons (Fsp3) is 0.235. The Balaban J connectivity index is 1.93. The van der Waals surface area contributed by atoms with E-state index in [0.29, 0.717) is 28.0 Å². The van der Waals surface area contributed by atoms with Gasteiger partial charge in [-0.2, -0.15) is 0 Å². The molecule has 7 heteroatoms. The van der Waals surface area contributed by atoms with Crippen molar-refractivity contribution in [2.24, 2.45) is 0 Å². The molecule has 0 radical (unpaired) electrons. The normalized spacial score (nSPS) is 10.8. The molecule has 2 N–H and O–H groups in total. The number of aryl methyl sites for hydroxylation is 1. The summed E-state index contributed by atoms with van der Waals surface area (Å²) < 4.78 is 0.543. The maximum atomic E-state index is 11.9. The van der Waals surface area contributed by atoms with E-state index < -0.39 is 5.56 Å². The first-order valence-corrected chi connectivity index (χ1v) is 7.54. The van der Waals surface area contributed by atoms with Gasteiger partial charge in [0, 0.05) is 32.4 Å². The number of aromatic nitrogens is 3. The van der Waals surface area contributed by atoms with Crippen LogP contribution in [0.1, 0.15) is 11.3 Å². The lowest BCUT2D eigenvalue weighted by molar-refractivity contribution is 0.186. The van der Waals surface area contributed by atoms with Gasteiger partial charge in [0.15, 0.2) is 5.65 Å². The van der Waals surface area contributed by atoms with Crippen LogP contribution in [0.4, 0.5) is 11.4 Å². The minimum Gasteiger partial charge on any atom is -0.423 e. The third-order valence-corrected chi connectivity index (χ3v) is 3.90. The number of pyridine rings is 1. The van der Waals surface area contributed by atoms with Gasteiger partial charge in [0.1, 0.15) is 6.33 Å². The highest BCUT2D eigenvalue weighted by Crippen LogP contribution is 2.22. The van der Waals surface area contributed by atoms with Gasteiger partial charge in [0.05, 0.1) is 16.8 Å². The third kappa shape index (κ3) is 2.88. The van der Waals surface area contributed by atoms with Crippen LogP contribution in [0, 0.1) is 6.92 Å². The Labute approximate surface area is 139 Å². The van der Waals surface area contributed by atoms with E-state index in [2.05, 4.69) is 15.3 Å². The van der Waals surface area contributed by atoms with E-state index in [9.17, 15) is 10.0 Å². The van der Waals surface area contributed by atoms with Crippen molar-refractivity contribution in [2.45, 2.75) is 13.5 Å². The molecule has 0 aliphatic heterocycles. The number of nitrogens with zero attached hydrogens (tertiary/aromatic N) is 4. The Morgan fingerprint density at radius 1 is 1.21 bits per heavy atom. The van der Waals surface area contributed by atoms with Crippen molar-refractivity contribution in [3.8, 4) is 0 Å². The number of anilines is 2. The zero-order chi connectivity index (χ0) is 17.3. The summed E-state index contributed by atoms with van der Waals surface area (Å²) in [5, 5.41) is 13.7. The second kappa shape index (κ2) is 6.19. The summed E-state index contributed by atoms with van der Waals surface area (Å²) in [5.74, 6) is 0. The molecule has 24 heavy (non-hydrogen) atoms. The van der Waals surface area contributed by atoms with E-state index in [-0.39, 0.29) is 5.65 Å². The molecule has 0 fully saturated rings. The number of hydrogen-bond donors (Lipinski definition) is 2. The lowest BCUT2D eigenvalue weighted by Crippen LogP contribution is -2.20. The fourth-order valence-corrected chi connectivity index (χ4v) is 2.55. The molecular formula is C17H19N5O2. The van der Waals surface area contributed by atoms with E-state index in [0.717, 1.165) is 11.3 Å². The number of rotatable bonds is 4.